The molecule has 0 aliphatic heterocycles. The average Bonchev–Trinajstić information content (AvgIpc) is 3.80. The molecule has 5 heteroatoms. The molecule has 0 atom stereocenters. The summed E-state index contributed by atoms with van der Waals surface area (Å²) in [6.07, 6.45) is 0. The van der Waals surface area contributed by atoms with Crippen molar-refractivity contribution in [3.63, 3.8) is 0 Å². The van der Waals surface area contributed by atoms with Gasteiger partial charge in [0.15, 0.2) is 17.5 Å². The second-order valence-corrected chi connectivity index (χ2v) is 14.1. The Morgan fingerprint density at radius 1 is 0.304 bits per heavy atom. The smallest absolute Gasteiger partial charge is 0.164 e. The molecule has 0 aliphatic carbocycles. The van der Waals surface area contributed by atoms with Crippen LogP contribution in [-0.4, -0.2) is 19.5 Å². The van der Waals surface area contributed by atoms with Gasteiger partial charge in [-0.15, -0.1) is 0 Å². The molecule has 262 valence electrons. The van der Waals surface area contributed by atoms with E-state index in [2.05, 4.69) is 150 Å². The molecule has 0 amide bonds. The molecule has 3 aromatic heterocycles. The second kappa shape index (κ2) is 13.0. The molecule has 0 unspecified atom stereocenters. The molecular weight excluding hydrogens is 685 g/mol. The molecule has 0 aliphatic rings. The molecule has 3 heterocycles. The molecule has 0 saturated heterocycles. The Balaban J connectivity index is 1.07. The molecule has 0 N–H and O–H groups in total. The van der Waals surface area contributed by atoms with E-state index < -0.39 is 0 Å². The van der Waals surface area contributed by atoms with Crippen LogP contribution >= 0.6 is 0 Å². The monoisotopic (exact) mass is 716 g/mol. The maximum atomic E-state index is 6.56. The summed E-state index contributed by atoms with van der Waals surface area (Å²) >= 11 is 0. The highest BCUT2D eigenvalue weighted by molar-refractivity contribution is 6.17. The number of rotatable bonds is 6. The average molecular weight is 717 g/mol. The highest BCUT2D eigenvalue weighted by Gasteiger charge is 2.19. The van der Waals surface area contributed by atoms with E-state index in [1.807, 2.05) is 48.5 Å². The van der Waals surface area contributed by atoms with Gasteiger partial charge in [0.1, 0.15) is 11.2 Å². The summed E-state index contributed by atoms with van der Waals surface area (Å²) in [5, 5.41) is 4.36. The van der Waals surface area contributed by atoms with E-state index in [9.17, 15) is 0 Å². The number of hydrogen-bond acceptors (Lipinski definition) is 4. The molecule has 11 aromatic rings. The molecule has 0 radical (unpaired) electrons. The lowest BCUT2D eigenvalue weighted by Gasteiger charge is -2.10. The van der Waals surface area contributed by atoms with Crippen LogP contribution in [0.15, 0.2) is 199 Å². The van der Waals surface area contributed by atoms with Gasteiger partial charge in [-0.25, -0.2) is 15.0 Å². The van der Waals surface area contributed by atoms with Crippen LogP contribution in [0.5, 0.6) is 0 Å². The molecule has 56 heavy (non-hydrogen) atoms. The zero-order valence-electron chi connectivity index (χ0n) is 30.2. The van der Waals surface area contributed by atoms with E-state index in [-0.39, 0.29) is 0 Å². The summed E-state index contributed by atoms with van der Waals surface area (Å²) in [7, 11) is 0. The molecule has 0 spiro atoms. The minimum absolute atomic E-state index is 0.602. The predicted molar refractivity (Wildman–Crippen MR) is 229 cm³/mol. The van der Waals surface area contributed by atoms with Gasteiger partial charge in [0.2, 0.25) is 0 Å². The first-order valence-electron chi connectivity index (χ1n) is 18.8. The SMILES string of the molecule is c1ccc(-c2ccc(-c3nc(-c4ccccc4)nc(-c4ccc5oc6cc7c8ccccc8n(-c8cccc(-c9ccccc9)c8)c7cc6c5c4)n3)cc2)cc1. The van der Waals surface area contributed by atoms with Crippen LogP contribution in [0.25, 0.3) is 106 Å². The van der Waals surface area contributed by atoms with Crippen LogP contribution in [0.4, 0.5) is 0 Å². The summed E-state index contributed by atoms with van der Waals surface area (Å²) in [6.45, 7) is 0. The predicted octanol–water partition coefficient (Wildman–Crippen LogP) is 13.2. The van der Waals surface area contributed by atoms with Gasteiger partial charge in [0.05, 0.1) is 11.0 Å². The van der Waals surface area contributed by atoms with Crippen molar-refractivity contribution in [2.75, 3.05) is 0 Å². The number of nitrogens with zero attached hydrogens (tertiary/aromatic N) is 4. The van der Waals surface area contributed by atoms with Crippen LogP contribution < -0.4 is 0 Å². The van der Waals surface area contributed by atoms with E-state index in [1.165, 1.54) is 22.1 Å². The van der Waals surface area contributed by atoms with Crippen LogP contribution in [0, 0.1) is 0 Å². The molecule has 8 aromatic carbocycles. The van der Waals surface area contributed by atoms with E-state index >= 15 is 0 Å². The number of aromatic nitrogens is 4. The zero-order valence-corrected chi connectivity index (χ0v) is 30.2. The fraction of sp³-hybridized carbons (Fsp3) is 0. The van der Waals surface area contributed by atoms with E-state index in [0.717, 1.165) is 66.3 Å². The minimum Gasteiger partial charge on any atom is -0.456 e. The third-order valence-electron chi connectivity index (χ3n) is 10.7. The molecular formula is C51H32N4O. The summed E-state index contributed by atoms with van der Waals surface area (Å²) < 4.78 is 8.93. The van der Waals surface area contributed by atoms with Crippen molar-refractivity contribution in [2.45, 2.75) is 0 Å². The van der Waals surface area contributed by atoms with Gasteiger partial charge in [-0.3, -0.25) is 0 Å². The lowest BCUT2D eigenvalue weighted by Crippen LogP contribution is -2.00. The van der Waals surface area contributed by atoms with Crippen molar-refractivity contribution < 1.29 is 4.42 Å². The van der Waals surface area contributed by atoms with Crippen molar-refractivity contribution in [3.05, 3.63) is 194 Å². The fourth-order valence-corrected chi connectivity index (χ4v) is 7.90. The Hall–Kier alpha value is -7.63. The van der Waals surface area contributed by atoms with Crippen LogP contribution in [0.1, 0.15) is 0 Å². The number of benzene rings is 8. The second-order valence-electron chi connectivity index (χ2n) is 14.1. The first-order valence-corrected chi connectivity index (χ1v) is 18.8. The third-order valence-corrected chi connectivity index (χ3v) is 10.7. The van der Waals surface area contributed by atoms with E-state index in [4.69, 9.17) is 19.4 Å². The van der Waals surface area contributed by atoms with Crippen LogP contribution in [0.2, 0.25) is 0 Å². The van der Waals surface area contributed by atoms with E-state index in [0.29, 0.717) is 17.5 Å². The lowest BCUT2D eigenvalue weighted by atomic mass is 10.0. The van der Waals surface area contributed by atoms with Crippen LogP contribution in [0.3, 0.4) is 0 Å². The number of furan rings is 1. The molecule has 0 saturated carbocycles. The van der Waals surface area contributed by atoms with Crippen LogP contribution in [-0.2, 0) is 0 Å². The van der Waals surface area contributed by atoms with Crippen molar-refractivity contribution in [3.8, 4) is 62.1 Å². The first kappa shape index (κ1) is 31.9. The van der Waals surface area contributed by atoms with Gasteiger partial charge in [-0.05, 0) is 70.8 Å². The Morgan fingerprint density at radius 2 is 0.821 bits per heavy atom. The molecule has 0 bridgehead atoms. The Bertz CT molecular complexity index is 3220. The van der Waals surface area contributed by atoms with Crippen molar-refractivity contribution in [1.82, 2.24) is 19.5 Å². The largest absolute Gasteiger partial charge is 0.456 e. The highest BCUT2D eigenvalue weighted by Crippen LogP contribution is 2.40. The topological polar surface area (TPSA) is 56.7 Å². The zero-order chi connectivity index (χ0) is 37.0. The normalized spacial score (nSPS) is 11.6. The summed E-state index contributed by atoms with van der Waals surface area (Å²) in [6, 6.07) is 67.5. The van der Waals surface area contributed by atoms with Gasteiger partial charge in [-0.1, -0.05) is 146 Å². The first-order chi connectivity index (χ1) is 27.7. The minimum atomic E-state index is 0.602. The van der Waals surface area contributed by atoms with Gasteiger partial charge in [0.25, 0.3) is 0 Å². The number of hydrogen-bond donors (Lipinski definition) is 0. The van der Waals surface area contributed by atoms with Gasteiger partial charge in [0, 0.05) is 43.9 Å². The van der Waals surface area contributed by atoms with Crippen molar-refractivity contribution in [2.24, 2.45) is 0 Å². The standard InChI is InChI=1S/C51H32N4O/c1-4-13-33(14-5-1)35-23-25-37(26-24-35)50-52-49(36-17-8-3-9-18-36)53-51(54-50)39-27-28-47-43(30-39)44-31-46-42(32-48(44)56-47)41-21-10-11-22-45(41)55(46)40-20-12-19-38(29-40)34-15-6-2-7-16-34/h1-32H. The van der Waals surface area contributed by atoms with Crippen molar-refractivity contribution >= 4 is 43.7 Å². The quantitative estimate of drug-likeness (QED) is 0.172. The Labute approximate surface area is 322 Å². The van der Waals surface area contributed by atoms with Gasteiger partial charge >= 0.3 is 0 Å². The number of para-hydroxylation sites is 1. The molecule has 0 fully saturated rings. The molecule has 5 nitrogen and oxygen atoms in total. The lowest BCUT2D eigenvalue weighted by molar-refractivity contribution is 0.669. The summed E-state index contributed by atoms with van der Waals surface area (Å²) in [4.78, 5) is 15.1. The Kier molecular flexibility index (Phi) is 7.42. The van der Waals surface area contributed by atoms with Gasteiger partial charge < -0.3 is 8.98 Å². The highest BCUT2D eigenvalue weighted by atomic mass is 16.3. The summed E-state index contributed by atoms with van der Waals surface area (Å²) in [5.41, 5.74) is 12.4. The van der Waals surface area contributed by atoms with Gasteiger partial charge in [-0.2, -0.15) is 0 Å². The summed E-state index contributed by atoms with van der Waals surface area (Å²) in [5.74, 6) is 1.85. The fourth-order valence-electron chi connectivity index (χ4n) is 7.90. The third kappa shape index (κ3) is 5.45. The van der Waals surface area contributed by atoms with E-state index in [1.54, 1.807) is 0 Å². The maximum Gasteiger partial charge on any atom is 0.164 e. The number of fused-ring (bicyclic) bond motifs is 6. The van der Waals surface area contributed by atoms with Crippen molar-refractivity contribution in [1.29, 1.82) is 0 Å². The Morgan fingerprint density at radius 3 is 1.54 bits per heavy atom. The maximum absolute atomic E-state index is 6.56. The molecule has 11 rings (SSSR count).